The van der Waals surface area contributed by atoms with Crippen molar-refractivity contribution in [1.82, 2.24) is 0 Å². The van der Waals surface area contributed by atoms with Crippen LogP contribution < -0.4 is 0 Å². The van der Waals surface area contributed by atoms with E-state index in [1.165, 1.54) is 6.42 Å². The monoisotopic (exact) mass is 214 g/mol. The van der Waals surface area contributed by atoms with Gasteiger partial charge in [0.05, 0.1) is 5.57 Å². The lowest BCUT2D eigenvalue weighted by atomic mass is 9.84. The minimum Gasteiger partial charge on any atom is -0.385 e. The number of carbonyl (C=O) groups is 2. The largest absolute Gasteiger partial charge is 0.385 e. The average molecular weight is 215 g/mol. The molecular formula is C10H11ClO3. The zero-order valence-corrected chi connectivity index (χ0v) is 8.47. The molecule has 3 nitrogen and oxygen atoms in total. The van der Waals surface area contributed by atoms with Gasteiger partial charge in [-0.05, 0) is 18.8 Å². The van der Waals surface area contributed by atoms with E-state index in [0.717, 1.165) is 25.7 Å². The number of hydrogen-bond acceptors (Lipinski definition) is 3. The Morgan fingerprint density at radius 2 is 1.71 bits per heavy atom. The number of ether oxygens (including phenoxy) is 1. The van der Waals surface area contributed by atoms with E-state index in [1.54, 1.807) is 0 Å². The van der Waals surface area contributed by atoms with Gasteiger partial charge in [0.2, 0.25) is 0 Å². The van der Waals surface area contributed by atoms with Crippen LogP contribution in [-0.2, 0) is 14.3 Å². The third-order valence-electron chi connectivity index (χ3n) is 2.83. The molecule has 2 rings (SSSR count). The molecule has 0 amide bonds. The first kappa shape index (κ1) is 9.71. The van der Waals surface area contributed by atoms with E-state index in [-0.39, 0.29) is 11.0 Å². The highest BCUT2D eigenvalue weighted by atomic mass is 35.5. The molecular weight excluding hydrogens is 204 g/mol. The Labute approximate surface area is 87.1 Å². The molecule has 4 heteroatoms. The second-order valence-electron chi connectivity index (χ2n) is 3.74. The van der Waals surface area contributed by atoms with E-state index in [0.29, 0.717) is 5.57 Å². The first-order valence-electron chi connectivity index (χ1n) is 4.86. The van der Waals surface area contributed by atoms with Gasteiger partial charge in [-0.1, -0.05) is 30.9 Å². The van der Waals surface area contributed by atoms with Crippen LogP contribution in [-0.4, -0.2) is 11.9 Å². The number of rotatable bonds is 1. The summed E-state index contributed by atoms with van der Waals surface area (Å²) in [5.74, 6) is -1.08. The number of cyclic esters (lactones) is 2. The zero-order valence-electron chi connectivity index (χ0n) is 7.72. The molecule has 1 saturated carbocycles. The third-order valence-corrected chi connectivity index (χ3v) is 3.19. The van der Waals surface area contributed by atoms with Crippen LogP contribution in [0.15, 0.2) is 10.6 Å². The molecule has 14 heavy (non-hydrogen) atoms. The highest BCUT2D eigenvalue weighted by molar-refractivity contribution is 6.45. The number of halogens is 1. The molecule has 0 bridgehead atoms. The molecule has 1 aliphatic carbocycles. The Hall–Kier alpha value is -0.830. The average Bonchev–Trinajstić information content (AvgIpc) is 2.43. The molecule has 0 unspecified atom stereocenters. The summed E-state index contributed by atoms with van der Waals surface area (Å²) in [6.45, 7) is 0. The number of esters is 2. The molecule has 1 fully saturated rings. The van der Waals surface area contributed by atoms with Crippen molar-refractivity contribution in [1.29, 1.82) is 0 Å². The van der Waals surface area contributed by atoms with E-state index in [1.807, 2.05) is 0 Å². The summed E-state index contributed by atoms with van der Waals surface area (Å²) < 4.78 is 4.46. The lowest BCUT2D eigenvalue weighted by Crippen LogP contribution is -2.14. The molecule has 2 aliphatic rings. The van der Waals surface area contributed by atoms with E-state index < -0.39 is 11.9 Å². The Morgan fingerprint density at radius 1 is 1.07 bits per heavy atom. The molecule has 0 saturated heterocycles. The van der Waals surface area contributed by atoms with Crippen LogP contribution in [0.25, 0.3) is 0 Å². The molecule has 0 aromatic heterocycles. The maximum absolute atomic E-state index is 11.3. The van der Waals surface area contributed by atoms with Gasteiger partial charge in [0.25, 0.3) is 0 Å². The summed E-state index contributed by atoms with van der Waals surface area (Å²) in [6.07, 6.45) is 5.27. The van der Waals surface area contributed by atoms with Gasteiger partial charge in [0.15, 0.2) is 0 Å². The van der Waals surface area contributed by atoms with Gasteiger partial charge in [-0.3, -0.25) is 0 Å². The van der Waals surface area contributed by atoms with E-state index in [4.69, 9.17) is 11.6 Å². The van der Waals surface area contributed by atoms with Crippen molar-refractivity contribution in [3.8, 4) is 0 Å². The molecule has 0 aromatic rings. The van der Waals surface area contributed by atoms with Crippen LogP contribution in [0.4, 0.5) is 0 Å². The smallest absolute Gasteiger partial charge is 0.358 e. The van der Waals surface area contributed by atoms with Crippen molar-refractivity contribution in [3.05, 3.63) is 10.6 Å². The van der Waals surface area contributed by atoms with Gasteiger partial charge >= 0.3 is 11.9 Å². The van der Waals surface area contributed by atoms with Gasteiger partial charge < -0.3 is 4.74 Å². The van der Waals surface area contributed by atoms with Crippen LogP contribution >= 0.6 is 11.6 Å². The first-order chi connectivity index (χ1) is 6.70. The standard InChI is InChI=1S/C10H11ClO3/c11-8-7(9(12)14-10(8)13)6-4-2-1-3-5-6/h6H,1-5H2. The van der Waals surface area contributed by atoms with Crippen molar-refractivity contribution in [3.63, 3.8) is 0 Å². The van der Waals surface area contributed by atoms with Crippen molar-refractivity contribution in [2.75, 3.05) is 0 Å². The Bertz CT molecular complexity index is 313. The quantitative estimate of drug-likeness (QED) is 0.496. The summed E-state index contributed by atoms with van der Waals surface area (Å²) >= 11 is 5.74. The van der Waals surface area contributed by atoms with Crippen LogP contribution in [0.2, 0.25) is 0 Å². The fraction of sp³-hybridized carbons (Fsp3) is 0.600. The van der Waals surface area contributed by atoms with Crippen LogP contribution in [0, 0.1) is 5.92 Å². The summed E-state index contributed by atoms with van der Waals surface area (Å²) in [7, 11) is 0. The first-order valence-corrected chi connectivity index (χ1v) is 5.24. The molecule has 1 heterocycles. The normalized spacial score (nSPS) is 24.4. The highest BCUT2D eigenvalue weighted by Crippen LogP contribution is 2.36. The molecule has 0 atom stereocenters. The molecule has 0 N–H and O–H groups in total. The summed E-state index contributed by atoms with van der Waals surface area (Å²) in [5, 5.41) is 0.00176. The van der Waals surface area contributed by atoms with Gasteiger partial charge in [-0.25, -0.2) is 9.59 Å². The SMILES string of the molecule is O=C1OC(=O)C(C2CCCCC2)=C1Cl. The summed E-state index contributed by atoms with van der Waals surface area (Å²) in [6, 6.07) is 0. The van der Waals surface area contributed by atoms with Crippen LogP contribution in [0.5, 0.6) is 0 Å². The maximum Gasteiger partial charge on any atom is 0.358 e. The van der Waals surface area contributed by atoms with Crippen molar-refractivity contribution < 1.29 is 14.3 Å². The van der Waals surface area contributed by atoms with Gasteiger partial charge in [0.1, 0.15) is 5.03 Å². The summed E-state index contributed by atoms with van der Waals surface area (Å²) in [5.41, 5.74) is 0.413. The van der Waals surface area contributed by atoms with Gasteiger partial charge in [0, 0.05) is 0 Å². The Balaban J connectivity index is 2.23. The second-order valence-corrected chi connectivity index (χ2v) is 4.12. The molecule has 0 aromatic carbocycles. The predicted octanol–water partition coefficient (Wildman–Crippen LogP) is 2.14. The third kappa shape index (κ3) is 1.57. The van der Waals surface area contributed by atoms with Gasteiger partial charge in [-0.2, -0.15) is 0 Å². The fourth-order valence-corrected chi connectivity index (χ4v) is 2.39. The molecule has 1 aliphatic heterocycles. The minimum absolute atomic E-state index is 0.00176. The van der Waals surface area contributed by atoms with Crippen molar-refractivity contribution in [2.45, 2.75) is 32.1 Å². The van der Waals surface area contributed by atoms with E-state index in [9.17, 15) is 9.59 Å². The topological polar surface area (TPSA) is 43.4 Å². The Morgan fingerprint density at radius 3 is 2.21 bits per heavy atom. The summed E-state index contributed by atoms with van der Waals surface area (Å²) in [4.78, 5) is 22.3. The van der Waals surface area contributed by atoms with Crippen LogP contribution in [0.1, 0.15) is 32.1 Å². The minimum atomic E-state index is -0.683. The van der Waals surface area contributed by atoms with Crippen molar-refractivity contribution >= 4 is 23.5 Å². The predicted molar refractivity (Wildman–Crippen MR) is 50.6 cm³/mol. The van der Waals surface area contributed by atoms with Crippen LogP contribution in [0.3, 0.4) is 0 Å². The fourth-order valence-electron chi connectivity index (χ4n) is 2.12. The Kier molecular flexibility index (Phi) is 2.59. The lowest BCUT2D eigenvalue weighted by molar-refractivity contribution is -0.151. The number of carbonyl (C=O) groups excluding carboxylic acids is 2. The maximum atomic E-state index is 11.3. The molecule has 0 spiro atoms. The van der Waals surface area contributed by atoms with Gasteiger partial charge in [-0.15, -0.1) is 0 Å². The number of hydrogen-bond donors (Lipinski definition) is 0. The molecule has 76 valence electrons. The second kappa shape index (κ2) is 3.73. The lowest BCUT2D eigenvalue weighted by Gasteiger charge is -2.20. The highest BCUT2D eigenvalue weighted by Gasteiger charge is 2.36. The van der Waals surface area contributed by atoms with E-state index >= 15 is 0 Å². The van der Waals surface area contributed by atoms with Crippen molar-refractivity contribution in [2.24, 2.45) is 5.92 Å². The molecule has 0 radical (unpaired) electrons. The van der Waals surface area contributed by atoms with E-state index in [2.05, 4.69) is 4.74 Å². The zero-order chi connectivity index (χ0) is 10.1.